The molecule has 0 spiro atoms. The third-order valence-electron chi connectivity index (χ3n) is 4.26. The lowest BCUT2D eigenvalue weighted by atomic mass is 9.94. The predicted molar refractivity (Wildman–Crippen MR) is 73.8 cm³/mol. The second-order valence-corrected chi connectivity index (χ2v) is 5.38. The van der Waals surface area contributed by atoms with E-state index >= 15 is 0 Å². The Morgan fingerprint density at radius 1 is 1.22 bits per heavy atom. The van der Waals surface area contributed by atoms with Crippen LogP contribution in [0.4, 0.5) is 0 Å². The second kappa shape index (κ2) is 4.02. The van der Waals surface area contributed by atoms with Gasteiger partial charge in [0.25, 0.3) is 0 Å². The summed E-state index contributed by atoms with van der Waals surface area (Å²) in [6.45, 7) is 0. The number of benzene rings is 1. The van der Waals surface area contributed by atoms with E-state index in [2.05, 4.69) is 29.8 Å². The smallest absolute Gasteiger partial charge is 0.120 e. The van der Waals surface area contributed by atoms with Gasteiger partial charge in [-0.05, 0) is 31.0 Å². The van der Waals surface area contributed by atoms with Gasteiger partial charge in [-0.2, -0.15) is 0 Å². The number of fused-ring (bicyclic) bond motifs is 1. The van der Waals surface area contributed by atoms with Gasteiger partial charge in [0.2, 0.25) is 0 Å². The van der Waals surface area contributed by atoms with Gasteiger partial charge in [0, 0.05) is 24.2 Å². The van der Waals surface area contributed by atoms with Crippen LogP contribution in [-0.2, 0) is 12.6 Å². The molecule has 1 fully saturated rings. The minimum absolute atomic E-state index is 0.138. The normalized spacial score (nSPS) is 18.4. The Balaban J connectivity index is 2.16. The molecule has 2 aromatic rings. The fourth-order valence-electron chi connectivity index (χ4n) is 3.18. The van der Waals surface area contributed by atoms with Gasteiger partial charge < -0.3 is 15.0 Å². The fraction of sp³-hybridized carbons (Fsp3) is 0.467. The molecule has 3 heteroatoms. The van der Waals surface area contributed by atoms with Gasteiger partial charge in [0.1, 0.15) is 5.75 Å². The van der Waals surface area contributed by atoms with Crippen LogP contribution in [0.15, 0.2) is 24.3 Å². The Bertz CT molecular complexity index is 579. The maximum atomic E-state index is 6.56. The molecule has 3 nitrogen and oxygen atoms in total. The van der Waals surface area contributed by atoms with Gasteiger partial charge in [-0.1, -0.05) is 12.8 Å². The molecule has 1 heterocycles. The SMILES string of the molecule is COc1ccc2cc(C3(N)CCCC3)n(C)c2c1. The van der Waals surface area contributed by atoms with Crippen LogP contribution < -0.4 is 10.5 Å². The zero-order valence-electron chi connectivity index (χ0n) is 11.1. The monoisotopic (exact) mass is 244 g/mol. The van der Waals surface area contributed by atoms with Gasteiger partial charge in [0.05, 0.1) is 18.2 Å². The minimum atomic E-state index is -0.138. The van der Waals surface area contributed by atoms with Gasteiger partial charge in [0.15, 0.2) is 0 Å². The van der Waals surface area contributed by atoms with E-state index in [4.69, 9.17) is 10.5 Å². The third kappa shape index (κ3) is 1.62. The van der Waals surface area contributed by atoms with Crippen molar-refractivity contribution in [2.75, 3.05) is 7.11 Å². The van der Waals surface area contributed by atoms with Crippen LogP contribution in [0.2, 0.25) is 0 Å². The quantitative estimate of drug-likeness (QED) is 0.882. The average molecular weight is 244 g/mol. The van der Waals surface area contributed by atoms with Crippen LogP contribution in [0, 0.1) is 0 Å². The maximum absolute atomic E-state index is 6.56. The van der Waals surface area contributed by atoms with E-state index < -0.39 is 0 Å². The zero-order chi connectivity index (χ0) is 12.8. The first-order chi connectivity index (χ1) is 8.64. The van der Waals surface area contributed by atoms with Crippen LogP contribution in [0.3, 0.4) is 0 Å². The van der Waals surface area contributed by atoms with E-state index in [1.54, 1.807) is 7.11 Å². The highest BCUT2D eigenvalue weighted by Gasteiger charge is 2.33. The van der Waals surface area contributed by atoms with Crippen LogP contribution in [0.5, 0.6) is 5.75 Å². The highest BCUT2D eigenvalue weighted by Crippen LogP contribution is 2.38. The van der Waals surface area contributed by atoms with Gasteiger partial charge >= 0.3 is 0 Å². The summed E-state index contributed by atoms with van der Waals surface area (Å²) in [6, 6.07) is 8.43. The molecule has 0 radical (unpaired) electrons. The molecule has 18 heavy (non-hydrogen) atoms. The number of nitrogens with zero attached hydrogens (tertiary/aromatic N) is 1. The number of ether oxygens (including phenoxy) is 1. The average Bonchev–Trinajstić information content (AvgIpc) is 2.95. The zero-order valence-corrected chi connectivity index (χ0v) is 11.1. The Hall–Kier alpha value is -1.48. The number of nitrogens with two attached hydrogens (primary N) is 1. The summed E-state index contributed by atoms with van der Waals surface area (Å²) in [4.78, 5) is 0. The Kier molecular flexibility index (Phi) is 2.59. The minimum Gasteiger partial charge on any atom is -0.497 e. The lowest BCUT2D eigenvalue weighted by Gasteiger charge is -2.24. The molecule has 2 N–H and O–H groups in total. The molecule has 1 saturated carbocycles. The molecular formula is C15H20N2O. The van der Waals surface area contributed by atoms with Crippen molar-refractivity contribution in [2.24, 2.45) is 12.8 Å². The van der Waals surface area contributed by atoms with Crippen molar-refractivity contribution in [3.8, 4) is 5.75 Å². The fourth-order valence-corrected chi connectivity index (χ4v) is 3.18. The Morgan fingerprint density at radius 2 is 1.94 bits per heavy atom. The molecule has 0 atom stereocenters. The third-order valence-corrected chi connectivity index (χ3v) is 4.26. The molecule has 1 aliphatic rings. The molecule has 0 saturated heterocycles. The van der Waals surface area contributed by atoms with E-state index in [9.17, 15) is 0 Å². The van der Waals surface area contributed by atoms with Crippen molar-refractivity contribution in [3.63, 3.8) is 0 Å². The molecular weight excluding hydrogens is 224 g/mol. The van der Waals surface area contributed by atoms with E-state index in [0.29, 0.717) is 0 Å². The summed E-state index contributed by atoms with van der Waals surface area (Å²) in [5.41, 5.74) is 8.87. The van der Waals surface area contributed by atoms with Crippen molar-refractivity contribution in [1.82, 2.24) is 4.57 Å². The molecule has 96 valence electrons. The van der Waals surface area contributed by atoms with E-state index in [1.807, 2.05) is 6.07 Å². The van der Waals surface area contributed by atoms with Crippen molar-refractivity contribution in [2.45, 2.75) is 31.2 Å². The molecule has 0 amide bonds. The van der Waals surface area contributed by atoms with Crippen molar-refractivity contribution in [1.29, 1.82) is 0 Å². The Morgan fingerprint density at radius 3 is 2.61 bits per heavy atom. The molecule has 1 aliphatic carbocycles. The summed E-state index contributed by atoms with van der Waals surface area (Å²) in [7, 11) is 3.80. The number of aryl methyl sites for hydroxylation is 1. The molecule has 0 bridgehead atoms. The van der Waals surface area contributed by atoms with Crippen molar-refractivity contribution in [3.05, 3.63) is 30.0 Å². The largest absolute Gasteiger partial charge is 0.497 e. The highest BCUT2D eigenvalue weighted by atomic mass is 16.5. The van der Waals surface area contributed by atoms with E-state index in [0.717, 1.165) is 18.6 Å². The Labute approximate surface area is 108 Å². The number of methoxy groups -OCH3 is 1. The maximum Gasteiger partial charge on any atom is 0.120 e. The molecule has 0 aliphatic heterocycles. The summed E-state index contributed by atoms with van der Waals surface area (Å²) >= 11 is 0. The van der Waals surface area contributed by atoms with Crippen molar-refractivity contribution < 1.29 is 4.74 Å². The van der Waals surface area contributed by atoms with Crippen LogP contribution in [0.1, 0.15) is 31.4 Å². The van der Waals surface area contributed by atoms with E-state index in [1.165, 1.54) is 29.4 Å². The molecule has 0 unspecified atom stereocenters. The lowest BCUT2D eigenvalue weighted by Crippen LogP contribution is -2.35. The summed E-state index contributed by atoms with van der Waals surface area (Å²) in [5, 5.41) is 1.24. The number of aromatic nitrogens is 1. The predicted octanol–water partition coefficient (Wildman–Crippen LogP) is 2.91. The first-order valence-corrected chi connectivity index (χ1v) is 6.57. The van der Waals surface area contributed by atoms with Crippen LogP contribution in [0.25, 0.3) is 10.9 Å². The molecule has 1 aromatic heterocycles. The lowest BCUT2D eigenvalue weighted by molar-refractivity contribution is 0.415. The highest BCUT2D eigenvalue weighted by molar-refractivity contribution is 5.83. The van der Waals surface area contributed by atoms with Gasteiger partial charge in [-0.3, -0.25) is 0 Å². The summed E-state index contributed by atoms with van der Waals surface area (Å²) in [6.07, 6.45) is 4.66. The summed E-state index contributed by atoms with van der Waals surface area (Å²) in [5.74, 6) is 0.896. The second-order valence-electron chi connectivity index (χ2n) is 5.38. The van der Waals surface area contributed by atoms with Crippen LogP contribution in [-0.4, -0.2) is 11.7 Å². The van der Waals surface area contributed by atoms with Crippen LogP contribution >= 0.6 is 0 Å². The number of hydrogen-bond acceptors (Lipinski definition) is 2. The molecule has 3 rings (SSSR count). The topological polar surface area (TPSA) is 40.2 Å². The van der Waals surface area contributed by atoms with Crippen molar-refractivity contribution >= 4 is 10.9 Å². The number of rotatable bonds is 2. The first kappa shape index (κ1) is 11.6. The molecule has 1 aromatic carbocycles. The number of hydrogen-bond donors (Lipinski definition) is 1. The van der Waals surface area contributed by atoms with Gasteiger partial charge in [-0.25, -0.2) is 0 Å². The summed E-state index contributed by atoms with van der Waals surface area (Å²) < 4.78 is 7.52. The first-order valence-electron chi connectivity index (χ1n) is 6.57. The van der Waals surface area contributed by atoms with Gasteiger partial charge in [-0.15, -0.1) is 0 Å². The standard InChI is InChI=1S/C15H20N2O/c1-17-13-10-12(18-2)6-5-11(13)9-14(17)15(16)7-3-4-8-15/h5-6,9-10H,3-4,7-8,16H2,1-2H3. The van der Waals surface area contributed by atoms with E-state index in [-0.39, 0.29) is 5.54 Å².